The van der Waals surface area contributed by atoms with Gasteiger partial charge in [0.25, 0.3) is 0 Å². The number of imidazole rings is 1. The van der Waals surface area contributed by atoms with Gasteiger partial charge in [-0.25, -0.2) is 4.98 Å². The molecule has 0 radical (unpaired) electrons. The summed E-state index contributed by atoms with van der Waals surface area (Å²) < 4.78 is 9.80. The van der Waals surface area contributed by atoms with Crippen molar-refractivity contribution in [1.82, 2.24) is 24.2 Å². The number of nitrogens with zero attached hydrogens (tertiary/aromatic N) is 6. The molecule has 0 amide bonds. The highest BCUT2D eigenvalue weighted by Crippen LogP contribution is 2.28. The fourth-order valence-electron chi connectivity index (χ4n) is 4.41. The standard InChI is InChI=1S/C19H30N6O/c1-16-18(19(22(2)21-16)25-8-10-26-11-9-25)14-23-6-3-4-17(12-23)13-24-7-5-20-15-24/h5,7,15,17H,3-4,6,8-14H2,1-2H3/t17-/m0/s1. The number of morpholine rings is 1. The van der Waals surface area contributed by atoms with Crippen molar-refractivity contribution in [3.05, 3.63) is 30.0 Å². The molecule has 7 nitrogen and oxygen atoms in total. The fourth-order valence-corrected chi connectivity index (χ4v) is 4.41. The number of ether oxygens (including phenoxy) is 1. The second-order valence-electron chi connectivity index (χ2n) is 7.61. The van der Waals surface area contributed by atoms with E-state index in [-0.39, 0.29) is 0 Å². The minimum Gasteiger partial charge on any atom is -0.378 e. The van der Waals surface area contributed by atoms with Crippen LogP contribution in [0.15, 0.2) is 18.7 Å². The van der Waals surface area contributed by atoms with Crippen LogP contribution in [0.25, 0.3) is 0 Å². The lowest BCUT2D eigenvalue weighted by molar-refractivity contribution is 0.121. The highest BCUT2D eigenvalue weighted by Gasteiger charge is 2.26. The molecule has 0 aromatic carbocycles. The zero-order chi connectivity index (χ0) is 17.9. The van der Waals surface area contributed by atoms with Crippen LogP contribution < -0.4 is 4.90 Å². The monoisotopic (exact) mass is 358 g/mol. The van der Waals surface area contributed by atoms with Crippen LogP contribution in [0, 0.1) is 12.8 Å². The number of aromatic nitrogens is 4. The van der Waals surface area contributed by atoms with Gasteiger partial charge >= 0.3 is 0 Å². The van der Waals surface area contributed by atoms with E-state index in [1.54, 1.807) is 0 Å². The van der Waals surface area contributed by atoms with E-state index in [0.29, 0.717) is 5.92 Å². The van der Waals surface area contributed by atoms with Gasteiger partial charge in [0.2, 0.25) is 0 Å². The van der Waals surface area contributed by atoms with Crippen molar-refractivity contribution in [3.63, 3.8) is 0 Å². The summed E-state index contributed by atoms with van der Waals surface area (Å²) in [7, 11) is 2.07. The van der Waals surface area contributed by atoms with Crippen LogP contribution in [0.5, 0.6) is 0 Å². The van der Waals surface area contributed by atoms with Crippen LogP contribution in [0.3, 0.4) is 0 Å². The van der Waals surface area contributed by atoms with Crippen molar-refractivity contribution in [1.29, 1.82) is 0 Å². The average molecular weight is 358 g/mol. The molecule has 0 unspecified atom stereocenters. The van der Waals surface area contributed by atoms with Gasteiger partial charge < -0.3 is 14.2 Å². The van der Waals surface area contributed by atoms with E-state index >= 15 is 0 Å². The van der Waals surface area contributed by atoms with Crippen molar-refractivity contribution < 1.29 is 4.74 Å². The zero-order valence-corrected chi connectivity index (χ0v) is 16.0. The van der Waals surface area contributed by atoms with E-state index in [4.69, 9.17) is 9.84 Å². The van der Waals surface area contributed by atoms with Crippen molar-refractivity contribution in [3.8, 4) is 0 Å². The Morgan fingerprint density at radius 1 is 1.23 bits per heavy atom. The van der Waals surface area contributed by atoms with Crippen molar-refractivity contribution in [2.24, 2.45) is 13.0 Å². The molecule has 0 bridgehead atoms. The molecule has 0 spiro atoms. The second kappa shape index (κ2) is 7.80. The van der Waals surface area contributed by atoms with Gasteiger partial charge in [-0.3, -0.25) is 9.58 Å². The van der Waals surface area contributed by atoms with Crippen molar-refractivity contribution in [2.75, 3.05) is 44.3 Å². The maximum Gasteiger partial charge on any atom is 0.131 e. The topological polar surface area (TPSA) is 51.4 Å². The largest absolute Gasteiger partial charge is 0.378 e. The molecular formula is C19H30N6O. The maximum absolute atomic E-state index is 5.53. The van der Waals surface area contributed by atoms with Gasteiger partial charge in [0, 0.05) is 57.7 Å². The number of anilines is 1. The molecular weight excluding hydrogens is 328 g/mol. The summed E-state index contributed by atoms with van der Waals surface area (Å²) in [5.41, 5.74) is 2.54. The minimum atomic E-state index is 0.696. The van der Waals surface area contributed by atoms with Gasteiger partial charge in [0.1, 0.15) is 5.82 Å². The molecule has 26 heavy (non-hydrogen) atoms. The highest BCUT2D eigenvalue weighted by molar-refractivity contribution is 5.50. The Kier molecular flexibility index (Phi) is 5.26. The Labute approximate surface area is 155 Å². The first kappa shape index (κ1) is 17.5. The lowest BCUT2D eigenvalue weighted by Crippen LogP contribution is -2.39. The van der Waals surface area contributed by atoms with E-state index in [0.717, 1.165) is 51.6 Å². The summed E-state index contributed by atoms with van der Waals surface area (Å²) in [4.78, 5) is 9.22. The molecule has 2 fully saturated rings. The van der Waals surface area contributed by atoms with E-state index in [1.165, 1.54) is 30.8 Å². The first-order chi connectivity index (χ1) is 12.7. The normalized spacial score (nSPS) is 22.1. The molecule has 2 aromatic heterocycles. The zero-order valence-electron chi connectivity index (χ0n) is 16.0. The molecule has 2 aliphatic rings. The van der Waals surface area contributed by atoms with E-state index < -0.39 is 0 Å². The van der Waals surface area contributed by atoms with Crippen LogP contribution in [0.4, 0.5) is 5.82 Å². The molecule has 0 aliphatic carbocycles. The maximum atomic E-state index is 5.53. The summed E-state index contributed by atoms with van der Waals surface area (Å²) in [5, 5.41) is 4.73. The lowest BCUT2D eigenvalue weighted by atomic mass is 9.97. The summed E-state index contributed by atoms with van der Waals surface area (Å²) in [6.45, 7) is 10.1. The molecule has 2 aromatic rings. The molecule has 7 heteroatoms. The molecule has 1 atom stereocenters. The summed E-state index contributed by atoms with van der Waals surface area (Å²) in [6.07, 6.45) is 8.44. The summed E-state index contributed by atoms with van der Waals surface area (Å²) >= 11 is 0. The minimum absolute atomic E-state index is 0.696. The third-order valence-electron chi connectivity index (χ3n) is 5.64. The predicted octanol–water partition coefficient (Wildman–Crippen LogP) is 1.67. The van der Waals surface area contributed by atoms with Crippen LogP contribution in [0.1, 0.15) is 24.1 Å². The van der Waals surface area contributed by atoms with Crippen LogP contribution in [-0.4, -0.2) is 63.6 Å². The quantitative estimate of drug-likeness (QED) is 0.814. The lowest BCUT2D eigenvalue weighted by Gasteiger charge is -2.34. The van der Waals surface area contributed by atoms with Gasteiger partial charge in [-0.2, -0.15) is 5.10 Å². The van der Waals surface area contributed by atoms with Gasteiger partial charge in [-0.15, -0.1) is 0 Å². The van der Waals surface area contributed by atoms with Gasteiger partial charge in [0.15, 0.2) is 0 Å². The average Bonchev–Trinajstić information content (AvgIpc) is 3.24. The Morgan fingerprint density at radius 3 is 2.85 bits per heavy atom. The Morgan fingerprint density at radius 2 is 2.08 bits per heavy atom. The number of aryl methyl sites for hydroxylation is 2. The van der Waals surface area contributed by atoms with Crippen LogP contribution >= 0.6 is 0 Å². The summed E-state index contributed by atoms with van der Waals surface area (Å²) in [6, 6.07) is 0. The van der Waals surface area contributed by atoms with E-state index in [2.05, 4.69) is 44.2 Å². The first-order valence-corrected chi connectivity index (χ1v) is 9.74. The molecule has 4 rings (SSSR count). The highest BCUT2D eigenvalue weighted by atomic mass is 16.5. The Balaban J connectivity index is 1.46. The van der Waals surface area contributed by atoms with Gasteiger partial charge in [-0.1, -0.05) is 0 Å². The Bertz CT molecular complexity index is 704. The molecule has 2 saturated heterocycles. The summed E-state index contributed by atoms with van der Waals surface area (Å²) in [5.74, 6) is 1.98. The van der Waals surface area contributed by atoms with Crippen LogP contribution in [0.2, 0.25) is 0 Å². The fraction of sp³-hybridized carbons (Fsp3) is 0.684. The number of likely N-dealkylation sites (tertiary alicyclic amines) is 1. The molecule has 0 saturated carbocycles. The van der Waals surface area contributed by atoms with Gasteiger partial charge in [-0.05, 0) is 32.2 Å². The van der Waals surface area contributed by atoms with Gasteiger partial charge in [0.05, 0.1) is 25.2 Å². The Hall–Kier alpha value is -1.86. The molecule has 0 N–H and O–H groups in total. The molecule has 2 aliphatic heterocycles. The number of rotatable bonds is 5. The first-order valence-electron chi connectivity index (χ1n) is 9.74. The third-order valence-corrected chi connectivity index (χ3v) is 5.64. The van der Waals surface area contributed by atoms with Crippen LogP contribution in [-0.2, 0) is 24.9 Å². The SMILES string of the molecule is Cc1nn(C)c(N2CCOCC2)c1CN1CCC[C@H](Cn2ccnc2)C1. The number of hydrogen-bond acceptors (Lipinski definition) is 5. The predicted molar refractivity (Wildman–Crippen MR) is 101 cm³/mol. The number of hydrogen-bond donors (Lipinski definition) is 0. The molecule has 4 heterocycles. The van der Waals surface area contributed by atoms with E-state index in [9.17, 15) is 0 Å². The third kappa shape index (κ3) is 3.78. The van der Waals surface area contributed by atoms with Crippen molar-refractivity contribution in [2.45, 2.75) is 32.9 Å². The smallest absolute Gasteiger partial charge is 0.131 e. The molecule has 142 valence electrons. The number of piperidine rings is 1. The van der Waals surface area contributed by atoms with Crippen molar-refractivity contribution >= 4 is 5.82 Å². The second-order valence-corrected chi connectivity index (χ2v) is 7.61. The van der Waals surface area contributed by atoms with E-state index in [1.807, 2.05) is 12.5 Å².